The van der Waals surface area contributed by atoms with Crippen molar-refractivity contribution in [2.75, 3.05) is 40.3 Å². The minimum atomic E-state index is -3.42. The Kier molecular flexibility index (Phi) is 7.83. The number of nitrogens with one attached hydrogen (secondary N) is 1. The fourth-order valence-corrected chi connectivity index (χ4v) is 3.13. The van der Waals surface area contributed by atoms with Gasteiger partial charge in [-0.15, -0.1) is 12.4 Å². The van der Waals surface area contributed by atoms with Crippen LogP contribution in [-0.2, 0) is 15.0 Å². The highest BCUT2D eigenvalue weighted by Gasteiger charge is 2.33. The third-order valence-electron chi connectivity index (χ3n) is 2.99. The molecule has 19 heavy (non-hydrogen) atoms. The molecule has 0 radical (unpaired) electrons. The Morgan fingerprint density at radius 3 is 2.63 bits per heavy atom. The van der Waals surface area contributed by atoms with Crippen molar-refractivity contribution in [2.24, 2.45) is 11.7 Å². The van der Waals surface area contributed by atoms with Gasteiger partial charge in [-0.05, 0) is 12.8 Å². The molecule has 0 saturated carbocycles. The molecule has 7 nitrogen and oxygen atoms in total. The van der Waals surface area contributed by atoms with Crippen molar-refractivity contribution in [1.29, 1.82) is 0 Å². The quantitative estimate of drug-likeness (QED) is 0.680. The van der Waals surface area contributed by atoms with Crippen molar-refractivity contribution < 1.29 is 13.2 Å². The molecule has 1 aliphatic heterocycles. The van der Waals surface area contributed by atoms with Gasteiger partial charge in [0.1, 0.15) is 0 Å². The molecular weight excluding hydrogens is 292 g/mol. The zero-order valence-corrected chi connectivity index (χ0v) is 13.0. The van der Waals surface area contributed by atoms with E-state index in [-0.39, 0.29) is 30.8 Å². The van der Waals surface area contributed by atoms with Crippen molar-refractivity contribution in [3.63, 3.8) is 0 Å². The van der Waals surface area contributed by atoms with Crippen LogP contribution in [0.2, 0.25) is 0 Å². The molecule has 1 saturated heterocycles. The zero-order chi connectivity index (χ0) is 13.8. The van der Waals surface area contributed by atoms with E-state index in [1.807, 2.05) is 0 Å². The molecule has 114 valence electrons. The van der Waals surface area contributed by atoms with Gasteiger partial charge in [0.05, 0.1) is 5.92 Å². The van der Waals surface area contributed by atoms with Gasteiger partial charge in [0.2, 0.25) is 5.91 Å². The smallest absolute Gasteiger partial charge is 0.281 e. The molecule has 9 heteroatoms. The summed E-state index contributed by atoms with van der Waals surface area (Å²) in [5.74, 6) is -0.390. The molecule has 0 spiro atoms. The largest absolute Gasteiger partial charge is 0.355 e. The number of carbonyl (C=O) groups excluding carboxylic acids is 1. The van der Waals surface area contributed by atoms with Crippen LogP contribution in [0.25, 0.3) is 0 Å². The highest BCUT2D eigenvalue weighted by molar-refractivity contribution is 7.86. The topological polar surface area (TPSA) is 95.7 Å². The normalized spacial score (nSPS) is 20.9. The van der Waals surface area contributed by atoms with Gasteiger partial charge < -0.3 is 11.1 Å². The molecule has 0 aromatic heterocycles. The summed E-state index contributed by atoms with van der Waals surface area (Å²) < 4.78 is 26.5. The van der Waals surface area contributed by atoms with Gasteiger partial charge in [-0.25, -0.2) is 0 Å². The van der Waals surface area contributed by atoms with E-state index in [4.69, 9.17) is 5.73 Å². The second-order valence-corrected chi connectivity index (χ2v) is 6.71. The summed E-state index contributed by atoms with van der Waals surface area (Å²) in [4.78, 5) is 11.8. The number of nitrogens with zero attached hydrogens (tertiary/aromatic N) is 2. The predicted molar refractivity (Wildman–Crippen MR) is 76.2 cm³/mol. The van der Waals surface area contributed by atoms with E-state index in [2.05, 4.69) is 5.32 Å². The Morgan fingerprint density at radius 2 is 2.11 bits per heavy atom. The van der Waals surface area contributed by atoms with Gasteiger partial charge in [0.15, 0.2) is 0 Å². The average Bonchev–Trinajstić information content (AvgIpc) is 2.35. The van der Waals surface area contributed by atoms with Gasteiger partial charge >= 0.3 is 0 Å². The molecule has 0 bridgehead atoms. The number of piperidine rings is 1. The monoisotopic (exact) mass is 314 g/mol. The lowest BCUT2D eigenvalue weighted by Gasteiger charge is -2.32. The number of nitrogens with two attached hydrogens (primary N) is 1. The number of rotatable bonds is 5. The lowest BCUT2D eigenvalue weighted by molar-refractivity contribution is -0.126. The molecule has 1 unspecified atom stereocenters. The molecule has 0 aromatic rings. The number of amides is 1. The average molecular weight is 315 g/mol. The minimum Gasteiger partial charge on any atom is -0.355 e. The van der Waals surface area contributed by atoms with Crippen molar-refractivity contribution >= 4 is 28.5 Å². The standard InChI is InChI=1S/C10H22N4O3S.ClH/c1-13(2)18(16,17)14-7-3-4-9(8-14)10(15)12-6-5-11;/h9H,3-8,11H2,1-2H3,(H,12,15);1H. The van der Waals surface area contributed by atoms with E-state index in [1.54, 1.807) is 0 Å². The third kappa shape index (κ3) is 4.88. The van der Waals surface area contributed by atoms with E-state index in [0.29, 0.717) is 26.1 Å². The number of halogens is 1. The lowest BCUT2D eigenvalue weighted by Crippen LogP contribution is -2.49. The summed E-state index contributed by atoms with van der Waals surface area (Å²) in [6.45, 7) is 1.53. The summed E-state index contributed by atoms with van der Waals surface area (Å²) in [5, 5.41) is 2.70. The highest BCUT2D eigenvalue weighted by atomic mass is 35.5. The van der Waals surface area contributed by atoms with Crippen LogP contribution in [0.1, 0.15) is 12.8 Å². The van der Waals surface area contributed by atoms with Crippen molar-refractivity contribution in [3.8, 4) is 0 Å². The Labute approximate surface area is 121 Å². The molecule has 0 aromatic carbocycles. The first-order chi connectivity index (χ1) is 8.39. The molecule has 1 rings (SSSR count). The van der Waals surface area contributed by atoms with Crippen LogP contribution >= 0.6 is 12.4 Å². The maximum absolute atomic E-state index is 12.0. The minimum absolute atomic E-state index is 0. The van der Waals surface area contributed by atoms with E-state index < -0.39 is 10.2 Å². The van der Waals surface area contributed by atoms with Gasteiger partial charge in [-0.3, -0.25) is 4.79 Å². The molecule has 1 fully saturated rings. The van der Waals surface area contributed by atoms with Crippen LogP contribution in [0, 0.1) is 5.92 Å². The van der Waals surface area contributed by atoms with Gasteiger partial charge in [-0.2, -0.15) is 17.0 Å². The van der Waals surface area contributed by atoms with E-state index in [9.17, 15) is 13.2 Å². The Hall–Kier alpha value is -0.410. The third-order valence-corrected chi connectivity index (χ3v) is 4.89. The maximum Gasteiger partial charge on any atom is 0.281 e. The predicted octanol–water partition coefficient (Wildman–Crippen LogP) is -0.998. The summed E-state index contributed by atoms with van der Waals surface area (Å²) in [7, 11) is -0.438. The van der Waals surface area contributed by atoms with Crippen LogP contribution in [0.15, 0.2) is 0 Å². The van der Waals surface area contributed by atoms with Gasteiger partial charge in [-0.1, -0.05) is 0 Å². The molecule has 1 amide bonds. The second kappa shape index (κ2) is 8.01. The number of hydrogen-bond acceptors (Lipinski definition) is 4. The highest BCUT2D eigenvalue weighted by Crippen LogP contribution is 2.20. The molecule has 1 heterocycles. The summed E-state index contributed by atoms with van der Waals surface area (Å²) in [5.41, 5.74) is 5.31. The van der Waals surface area contributed by atoms with Crippen LogP contribution in [0.3, 0.4) is 0 Å². The van der Waals surface area contributed by atoms with Crippen LogP contribution in [0.4, 0.5) is 0 Å². The molecule has 3 N–H and O–H groups in total. The molecule has 0 aliphatic carbocycles. The fourth-order valence-electron chi connectivity index (χ4n) is 1.94. The fraction of sp³-hybridized carbons (Fsp3) is 0.900. The number of carbonyl (C=O) groups is 1. The SMILES string of the molecule is CN(C)S(=O)(=O)N1CCCC(C(=O)NCCN)C1.Cl. The molecular formula is C10H23ClN4O3S. The molecule has 1 atom stereocenters. The van der Waals surface area contributed by atoms with E-state index >= 15 is 0 Å². The summed E-state index contributed by atoms with van der Waals surface area (Å²) in [6.07, 6.45) is 1.42. The number of hydrogen-bond donors (Lipinski definition) is 2. The Morgan fingerprint density at radius 1 is 1.47 bits per heavy atom. The van der Waals surface area contributed by atoms with E-state index in [0.717, 1.165) is 6.42 Å². The maximum atomic E-state index is 12.0. The zero-order valence-electron chi connectivity index (χ0n) is 11.3. The van der Waals surface area contributed by atoms with Crippen LogP contribution in [-0.4, -0.2) is 63.2 Å². The Balaban J connectivity index is 0.00000324. The summed E-state index contributed by atoms with van der Waals surface area (Å²) >= 11 is 0. The van der Waals surface area contributed by atoms with E-state index in [1.165, 1.54) is 22.7 Å². The van der Waals surface area contributed by atoms with Crippen molar-refractivity contribution in [2.45, 2.75) is 12.8 Å². The first-order valence-corrected chi connectivity index (χ1v) is 7.44. The first kappa shape index (κ1) is 18.6. The second-order valence-electron chi connectivity index (χ2n) is 4.57. The molecule has 1 aliphatic rings. The van der Waals surface area contributed by atoms with Gasteiger partial charge in [0.25, 0.3) is 10.2 Å². The Bertz CT molecular complexity index is 388. The van der Waals surface area contributed by atoms with Crippen molar-refractivity contribution in [1.82, 2.24) is 13.9 Å². The van der Waals surface area contributed by atoms with Crippen molar-refractivity contribution in [3.05, 3.63) is 0 Å². The lowest BCUT2D eigenvalue weighted by atomic mass is 9.99. The summed E-state index contributed by atoms with van der Waals surface area (Å²) in [6, 6.07) is 0. The van der Waals surface area contributed by atoms with Crippen LogP contribution < -0.4 is 11.1 Å². The first-order valence-electron chi connectivity index (χ1n) is 6.05. The van der Waals surface area contributed by atoms with Crippen LogP contribution in [0.5, 0.6) is 0 Å². The van der Waals surface area contributed by atoms with Gasteiger partial charge in [0, 0.05) is 40.3 Å².